The molecule has 1 saturated carbocycles. The zero-order valence-electron chi connectivity index (χ0n) is 16.6. The summed E-state index contributed by atoms with van der Waals surface area (Å²) in [7, 11) is 0. The minimum atomic E-state index is -0.167. The molecule has 28 heavy (non-hydrogen) atoms. The van der Waals surface area contributed by atoms with Crippen LogP contribution in [0.5, 0.6) is 0 Å². The number of hydrogen-bond acceptors (Lipinski definition) is 6. The normalized spacial score (nSPS) is 17.3. The maximum absolute atomic E-state index is 12.8. The number of amides is 2. The number of ether oxygens (including phenoxy) is 1. The Balaban J connectivity index is 1.50. The van der Waals surface area contributed by atoms with Crippen LogP contribution in [-0.2, 0) is 14.3 Å². The highest BCUT2D eigenvalue weighted by molar-refractivity contribution is 5.92. The van der Waals surface area contributed by atoms with E-state index >= 15 is 0 Å². The van der Waals surface area contributed by atoms with Gasteiger partial charge in [0.2, 0.25) is 5.91 Å². The van der Waals surface area contributed by atoms with Gasteiger partial charge in [0.1, 0.15) is 5.69 Å². The number of piperidine rings is 1. The number of carbonyl (C=O) groups is 3. The Kier molecular flexibility index (Phi) is 6.59. The molecule has 1 aliphatic heterocycles. The zero-order chi connectivity index (χ0) is 20.1. The number of esters is 1. The van der Waals surface area contributed by atoms with Crippen molar-refractivity contribution in [2.45, 2.75) is 52.0 Å². The molecule has 3 rings (SSSR count). The van der Waals surface area contributed by atoms with Gasteiger partial charge in [-0.2, -0.15) is 0 Å². The summed E-state index contributed by atoms with van der Waals surface area (Å²) < 4.78 is 5.07. The zero-order valence-corrected chi connectivity index (χ0v) is 16.6. The largest absolute Gasteiger partial charge is 0.466 e. The van der Waals surface area contributed by atoms with E-state index in [-0.39, 0.29) is 36.2 Å². The van der Waals surface area contributed by atoms with E-state index < -0.39 is 0 Å². The lowest BCUT2D eigenvalue weighted by Gasteiger charge is -2.31. The van der Waals surface area contributed by atoms with Gasteiger partial charge in [0, 0.05) is 38.3 Å². The van der Waals surface area contributed by atoms with Crippen LogP contribution in [0.3, 0.4) is 0 Å². The lowest BCUT2D eigenvalue weighted by Crippen LogP contribution is -2.43. The Morgan fingerprint density at radius 3 is 2.43 bits per heavy atom. The second-order valence-corrected chi connectivity index (χ2v) is 7.43. The molecule has 1 aromatic rings. The highest BCUT2D eigenvalue weighted by Crippen LogP contribution is 2.28. The molecule has 2 aliphatic rings. The van der Waals surface area contributed by atoms with Gasteiger partial charge in [-0.25, -0.2) is 4.98 Å². The quantitative estimate of drug-likeness (QED) is 0.659. The Morgan fingerprint density at radius 2 is 1.86 bits per heavy atom. The minimum absolute atomic E-state index is 0.0238. The molecule has 1 aromatic heterocycles. The van der Waals surface area contributed by atoms with Crippen LogP contribution in [0.2, 0.25) is 0 Å². The van der Waals surface area contributed by atoms with Gasteiger partial charge in [0.25, 0.3) is 5.91 Å². The predicted octanol–water partition coefficient (Wildman–Crippen LogP) is 1.58. The van der Waals surface area contributed by atoms with E-state index in [0.29, 0.717) is 44.8 Å². The number of hydrogen-bond donors (Lipinski definition) is 0. The van der Waals surface area contributed by atoms with Crippen LogP contribution >= 0.6 is 0 Å². The first-order chi connectivity index (χ1) is 13.5. The summed E-state index contributed by atoms with van der Waals surface area (Å²) in [6.45, 7) is 5.51. The summed E-state index contributed by atoms with van der Waals surface area (Å²) in [4.78, 5) is 49.0. The van der Waals surface area contributed by atoms with Crippen LogP contribution in [0.15, 0.2) is 12.4 Å². The lowest BCUT2D eigenvalue weighted by atomic mass is 9.97. The van der Waals surface area contributed by atoms with E-state index in [9.17, 15) is 14.4 Å². The third-order valence-corrected chi connectivity index (χ3v) is 5.28. The smallest absolute Gasteiger partial charge is 0.309 e. The summed E-state index contributed by atoms with van der Waals surface area (Å²) in [5, 5.41) is 0. The van der Waals surface area contributed by atoms with Crippen LogP contribution in [0.4, 0.5) is 0 Å². The van der Waals surface area contributed by atoms with Gasteiger partial charge in [-0.1, -0.05) is 0 Å². The summed E-state index contributed by atoms with van der Waals surface area (Å²) >= 11 is 0. The molecular weight excluding hydrogens is 360 g/mol. The Hall–Kier alpha value is -2.51. The van der Waals surface area contributed by atoms with Crippen LogP contribution in [0, 0.1) is 12.8 Å². The van der Waals surface area contributed by atoms with Crippen molar-refractivity contribution in [3.8, 4) is 0 Å². The Bertz CT molecular complexity index is 709. The molecule has 0 spiro atoms. The molecule has 0 radical (unpaired) electrons. The van der Waals surface area contributed by atoms with E-state index in [1.54, 1.807) is 22.9 Å². The number of likely N-dealkylation sites (tertiary alicyclic amines) is 1. The van der Waals surface area contributed by atoms with Crippen molar-refractivity contribution in [2.24, 2.45) is 5.92 Å². The molecule has 0 unspecified atom stereocenters. The maximum Gasteiger partial charge on any atom is 0.309 e. The molecule has 1 saturated heterocycles. The van der Waals surface area contributed by atoms with E-state index in [1.807, 2.05) is 6.92 Å². The number of carbonyl (C=O) groups excluding carboxylic acids is 3. The first kappa shape index (κ1) is 20.2. The van der Waals surface area contributed by atoms with Gasteiger partial charge in [0.15, 0.2) is 0 Å². The van der Waals surface area contributed by atoms with Crippen LogP contribution in [0.1, 0.15) is 55.2 Å². The molecule has 0 bridgehead atoms. The highest BCUT2D eigenvalue weighted by atomic mass is 16.5. The molecule has 1 aliphatic carbocycles. The summed E-state index contributed by atoms with van der Waals surface area (Å²) in [5.74, 6) is -0.424. The predicted molar refractivity (Wildman–Crippen MR) is 101 cm³/mol. The second kappa shape index (κ2) is 9.12. The van der Waals surface area contributed by atoms with Crippen molar-refractivity contribution in [1.82, 2.24) is 19.8 Å². The van der Waals surface area contributed by atoms with Crippen LogP contribution < -0.4 is 0 Å². The van der Waals surface area contributed by atoms with Crippen molar-refractivity contribution in [3.63, 3.8) is 0 Å². The van der Waals surface area contributed by atoms with Gasteiger partial charge >= 0.3 is 5.97 Å². The van der Waals surface area contributed by atoms with Gasteiger partial charge in [-0.3, -0.25) is 19.4 Å². The molecule has 8 nitrogen and oxygen atoms in total. The summed E-state index contributed by atoms with van der Waals surface area (Å²) in [6.07, 6.45) is 6.55. The Morgan fingerprint density at radius 1 is 1.14 bits per heavy atom. The first-order valence-electron chi connectivity index (χ1n) is 10.0. The molecule has 8 heteroatoms. The molecule has 2 heterocycles. The first-order valence-corrected chi connectivity index (χ1v) is 10.0. The van der Waals surface area contributed by atoms with E-state index in [2.05, 4.69) is 9.97 Å². The van der Waals surface area contributed by atoms with Crippen molar-refractivity contribution in [1.29, 1.82) is 0 Å². The topological polar surface area (TPSA) is 92.7 Å². The number of nitrogens with zero attached hydrogens (tertiary/aromatic N) is 4. The second-order valence-electron chi connectivity index (χ2n) is 7.43. The summed E-state index contributed by atoms with van der Waals surface area (Å²) in [6, 6.07) is 0.193. The van der Waals surface area contributed by atoms with E-state index in [0.717, 1.165) is 18.5 Å². The minimum Gasteiger partial charge on any atom is -0.466 e. The van der Waals surface area contributed by atoms with Gasteiger partial charge in [-0.15, -0.1) is 0 Å². The van der Waals surface area contributed by atoms with Gasteiger partial charge in [0.05, 0.1) is 24.4 Å². The van der Waals surface area contributed by atoms with Crippen molar-refractivity contribution in [2.75, 3.05) is 26.2 Å². The van der Waals surface area contributed by atoms with Crippen molar-refractivity contribution >= 4 is 17.8 Å². The molecule has 0 aromatic carbocycles. The van der Waals surface area contributed by atoms with E-state index in [4.69, 9.17) is 4.74 Å². The highest BCUT2D eigenvalue weighted by Gasteiger charge is 2.34. The average molecular weight is 388 g/mol. The SMILES string of the molecule is CCOC(=O)C1CCN(C(=O)CCN(C(=O)c2cnc(C)cn2)C2CC2)CC1. The van der Waals surface area contributed by atoms with Gasteiger partial charge in [-0.05, 0) is 39.5 Å². The van der Waals surface area contributed by atoms with Gasteiger partial charge < -0.3 is 14.5 Å². The Labute approximate surface area is 165 Å². The lowest BCUT2D eigenvalue weighted by molar-refractivity contribution is -0.151. The number of aryl methyl sites for hydroxylation is 1. The average Bonchev–Trinajstić information content (AvgIpc) is 3.54. The molecule has 0 atom stereocenters. The molecule has 0 N–H and O–H groups in total. The fraction of sp³-hybridized carbons (Fsp3) is 0.650. The number of rotatable bonds is 7. The van der Waals surface area contributed by atoms with Crippen molar-refractivity contribution in [3.05, 3.63) is 23.8 Å². The van der Waals surface area contributed by atoms with Crippen molar-refractivity contribution < 1.29 is 19.1 Å². The third-order valence-electron chi connectivity index (χ3n) is 5.28. The van der Waals surface area contributed by atoms with Crippen LogP contribution in [0.25, 0.3) is 0 Å². The number of aromatic nitrogens is 2. The molecule has 152 valence electrons. The standard InChI is InChI=1S/C20H28N4O4/c1-3-28-20(27)15-6-9-23(10-7-15)18(25)8-11-24(16-4-5-16)19(26)17-13-21-14(2)12-22-17/h12-13,15-16H,3-11H2,1-2H3. The van der Waals surface area contributed by atoms with Crippen LogP contribution in [-0.4, -0.2) is 69.8 Å². The van der Waals surface area contributed by atoms with E-state index in [1.165, 1.54) is 6.20 Å². The maximum atomic E-state index is 12.8. The summed E-state index contributed by atoms with van der Waals surface area (Å²) in [5.41, 5.74) is 1.08. The fourth-order valence-corrected chi connectivity index (χ4v) is 3.49. The molecular formula is C20H28N4O4. The molecule has 2 amide bonds. The fourth-order valence-electron chi connectivity index (χ4n) is 3.49. The third kappa shape index (κ3) is 5.05. The monoisotopic (exact) mass is 388 g/mol. The molecule has 2 fully saturated rings.